The van der Waals surface area contributed by atoms with Crippen molar-refractivity contribution in [3.8, 4) is 0 Å². The highest BCUT2D eigenvalue weighted by molar-refractivity contribution is 5.76. The fourth-order valence-corrected chi connectivity index (χ4v) is 6.80. The summed E-state index contributed by atoms with van der Waals surface area (Å²) >= 11 is 0. The van der Waals surface area contributed by atoms with Gasteiger partial charge in [-0.25, -0.2) is 0 Å². The van der Waals surface area contributed by atoms with Gasteiger partial charge in [-0.3, -0.25) is 4.79 Å². The van der Waals surface area contributed by atoms with Crippen molar-refractivity contribution in [2.75, 3.05) is 6.54 Å². The van der Waals surface area contributed by atoms with Crippen LogP contribution < -0.4 is 5.73 Å². The zero-order valence-corrected chi connectivity index (χ0v) is 14.6. The van der Waals surface area contributed by atoms with E-state index in [0.717, 1.165) is 32.2 Å². The average molecular weight is 317 g/mol. The number of rotatable bonds is 2. The molecule has 1 heterocycles. The Morgan fingerprint density at radius 2 is 2.00 bits per heavy atom. The van der Waals surface area contributed by atoms with Crippen molar-refractivity contribution in [3.63, 3.8) is 0 Å². The summed E-state index contributed by atoms with van der Waals surface area (Å²) in [5, 5.41) is 0. The van der Waals surface area contributed by atoms with Crippen molar-refractivity contribution in [3.05, 3.63) is 12.2 Å². The van der Waals surface area contributed by atoms with Gasteiger partial charge in [-0.2, -0.15) is 0 Å². The molecule has 3 heteroatoms. The Hall–Kier alpha value is -0.830. The number of fused-ring (bicyclic) bond motifs is 3. The van der Waals surface area contributed by atoms with Crippen LogP contribution in [0.3, 0.4) is 0 Å². The van der Waals surface area contributed by atoms with E-state index in [1.807, 2.05) is 0 Å². The van der Waals surface area contributed by atoms with Crippen molar-refractivity contribution in [1.29, 1.82) is 0 Å². The van der Waals surface area contributed by atoms with Gasteiger partial charge in [-0.15, -0.1) is 0 Å². The molecule has 128 valence electrons. The molecule has 0 amide bonds. The molecule has 0 radical (unpaired) electrons. The number of nitrogens with two attached hydrogens (primary N) is 1. The Balaban J connectivity index is 1.66. The molecule has 0 aromatic carbocycles. The number of hydrogen-bond acceptors (Lipinski definition) is 3. The zero-order valence-electron chi connectivity index (χ0n) is 14.6. The first kappa shape index (κ1) is 15.7. The van der Waals surface area contributed by atoms with E-state index < -0.39 is 0 Å². The highest BCUT2D eigenvalue weighted by Crippen LogP contribution is 2.64. The molecule has 1 aliphatic heterocycles. The Morgan fingerprint density at radius 1 is 1.22 bits per heavy atom. The summed E-state index contributed by atoms with van der Waals surface area (Å²) in [6.45, 7) is 9.89. The van der Waals surface area contributed by atoms with E-state index >= 15 is 0 Å². The third-order valence-corrected chi connectivity index (χ3v) is 8.38. The second-order valence-corrected chi connectivity index (χ2v) is 9.10. The summed E-state index contributed by atoms with van der Waals surface area (Å²) in [5.74, 6) is 1.92. The summed E-state index contributed by atoms with van der Waals surface area (Å²) < 4.78 is 5.58. The van der Waals surface area contributed by atoms with Gasteiger partial charge in [0.2, 0.25) is 0 Å². The molecule has 2 bridgehead atoms. The van der Waals surface area contributed by atoms with Crippen molar-refractivity contribution in [2.24, 2.45) is 40.2 Å². The minimum absolute atomic E-state index is 0.0648. The number of carbonyl (C=O) groups excluding carboxylic acids is 1. The number of allylic oxidation sites excluding steroid dienone is 1. The van der Waals surface area contributed by atoms with Gasteiger partial charge in [-0.1, -0.05) is 26.0 Å². The molecular weight excluding hydrogens is 286 g/mol. The van der Waals surface area contributed by atoms with Crippen LogP contribution in [0.5, 0.6) is 0 Å². The Morgan fingerprint density at radius 3 is 2.74 bits per heavy atom. The van der Waals surface area contributed by atoms with Crippen LogP contribution in [0.4, 0.5) is 0 Å². The Kier molecular flexibility index (Phi) is 3.46. The van der Waals surface area contributed by atoms with E-state index in [0.29, 0.717) is 17.8 Å². The predicted octanol–water partition coefficient (Wildman–Crippen LogP) is 3.68. The summed E-state index contributed by atoms with van der Waals surface area (Å²) in [6.07, 6.45) is 8.11. The summed E-state index contributed by atoms with van der Waals surface area (Å²) in [4.78, 5) is 12.4. The first-order valence-electron chi connectivity index (χ1n) is 9.49. The van der Waals surface area contributed by atoms with Crippen molar-refractivity contribution in [2.45, 2.75) is 64.9 Å². The van der Waals surface area contributed by atoms with E-state index in [1.165, 1.54) is 24.8 Å². The van der Waals surface area contributed by atoms with Gasteiger partial charge in [0, 0.05) is 0 Å². The zero-order chi connectivity index (χ0) is 16.4. The number of hydrogen-bond donors (Lipinski definition) is 1. The maximum absolute atomic E-state index is 12.4. The maximum Gasteiger partial charge on any atom is 0.309 e. The smallest absolute Gasteiger partial charge is 0.309 e. The first-order chi connectivity index (χ1) is 10.9. The molecule has 0 spiro atoms. The molecule has 1 saturated heterocycles. The normalized spacial score (nSPS) is 52.4. The van der Waals surface area contributed by atoms with Gasteiger partial charge in [0.05, 0.1) is 5.92 Å². The number of esters is 1. The van der Waals surface area contributed by atoms with Gasteiger partial charge < -0.3 is 10.5 Å². The summed E-state index contributed by atoms with van der Waals surface area (Å²) in [5.41, 5.74) is 8.11. The summed E-state index contributed by atoms with van der Waals surface area (Å²) in [7, 11) is 0. The first-order valence-corrected chi connectivity index (χ1v) is 9.49. The van der Waals surface area contributed by atoms with Gasteiger partial charge in [-0.05, 0) is 80.1 Å². The number of carbonyl (C=O) groups is 1. The van der Waals surface area contributed by atoms with E-state index in [1.54, 1.807) is 0 Å². The predicted molar refractivity (Wildman–Crippen MR) is 90.6 cm³/mol. The topological polar surface area (TPSA) is 52.3 Å². The second kappa shape index (κ2) is 5.08. The molecule has 4 fully saturated rings. The molecule has 0 aromatic heterocycles. The lowest BCUT2D eigenvalue weighted by Gasteiger charge is -2.54. The molecule has 3 nitrogen and oxygen atoms in total. The highest BCUT2D eigenvalue weighted by atomic mass is 16.6. The number of ether oxygens (including phenoxy) is 1. The largest absolute Gasteiger partial charge is 0.462 e. The molecular formula is C20H31NO2. The minimum atomic E-state index is 0.0648. The lowest BCUT2D eigenvalue weighted by atomic mass is 9.49. The SMILES string of the molecule is C=C1CC[C@H]2[C@H](CN)[C@@H]([C@@]3(C)CC[C@H]4C[C@@H]3C(=O)O4)CC[C@]12C. The maximum atomic E-state index is 12.4. The van der Waals surface area contributed by atoms with Crippen LogP contribution in [-0.4, -0.2) is 18.6 Å². The third-order valence-electron chi connectivity index (χ3n) is 8.38. The van der Waals surface area contributed by atoms with Crippen LogP contribution in [-0.2, 0) is 9.53 Å². The second-order valence-electron chi connectivity index (χ2n) is 9.10. The van der Waals surface area contributed by atoms with Crippen LogP contribution in [0.2, 0.25) is 0 Å². The Labute approximate surface area is 140 Å². The molecule has 7 atom stereocenters. The quantitative estimate of drug-likeness (QED) is 0.624. The fourth-order valence-electron chi connectivity index (χ4n) is 6.80. The van der Waals surface area contributed by atoms with Crippen LogP contribution in [0, 0.1) is 34.5 Å². The minimum Gasteiger partial charge on any atom is -0.462 e. The third kappa shape index (κ3) is 2.01. The molecule has 4 rings (SSSR count). The van der Waals surface area contributed by atoms with Crippen molar-refractivity contribution >= 4 is 5.97 Å². The fraction of sp³-hybridized carbons (Fsp3) is 0.850. The van der Waals surface area contributed by atoms with E-state index in [-0.39, 0.29) is 28.8 Å². The van der Waals surface area contributed by atoms with E-state index in [2.05, 4.69) is 20.4 Å². The molecule has 2 N–H and O–H groups in total. The van der Waals surface area contributed by atoms with Crippen LogP contribution >= 0.6 is 0 Å². The van der Waals surface area contributed by atoms with Crippen molar-refractivity contribution in [1.82, 2.24) is 0 Å². The molecule has 0 unspecified atom stereocenters. The van der Waals surface area contributed by atoms with Gasteiger partial charge in [0.15, 0.2) is 0 Å². The average Bonchev–Trinajstić information content (AvgIpc) is 3.01. The molecule has 3 aliphatic carbocycles. The van der Waals surface area contributed by atoms with Gasteiger partial charge >= 0.3 is 5.97 Å². The molecule has 0 aromatic rings. The van der Waals surface area contributed by atoms with Crippen LogP contribution in [0.25, 0.3) is 0 Å². The van der Waals surface area contributed by atoms with E-state index in [4.69, 9.17) is 10.5 Å². The van der Waals surface area contributed by atoms with Crippen LogP contribution in [0.15, 0.2) is 12.2 Å². The summed E-state index contributed by atoms with van der Waals surface area (Å²) in [6, 6.07) is 0. The van der Waals surface area contributed by atoms with Gasteiger partial charge in [0.1, 0.15) is 6.10 Å². The lowest BCUT2D eigenvalue weighted by molar-refractivity contribution is -0.147. The standard InChI is InChI=1S/C20H31NO2/c1-12-4-5-15-14(11-21)16(7-9-19(12,15)2)20(3)8-6-13-10-17(20)18(22)23-13/h13-17H,1,4-11,21H2,2-3H3/t13-,14-,15-,16-,17+,19+,20+/m0/s1. The van der Waals surface area contributed by atoms with Crippen molar-refractivity contribution < 1.29 is 9.53 Å². The molecule has 4 aliphatic rings. The van der Waals surface area contributed by atoms with Gasteiger partial charge in [0.25, 0.3) is 0 Å². The monoisotopic (exact) mass is 317 g/mol. The molecule has 23 heavy (non-hydrogen) atoms. The lowest BCUT2D eigenvalue weighted by Crippen LogP contribution is -2.51. The van der Waals surface area contributed by atoms with Crippen LogP contribution in [0.1, 0.15) is 58.8 Å². The highest BCUT2D eigenvalue weighted by Gasteiger charge is 2.59. The van der Waals surface area contributed by atoms with E-state index in [9.17, 15) is 4.79 Å². The molecule has 3 saturated carbocycles. The Bertz CT molecular complexity index is 544.